The van der Waals surface area contributed by atoms with Gasteiger partial charge in [-0.05, 0) is 23.8 Å². The SMILES string of the molecule is O=C(/C=C(\[O-])c1ccc(C(F)(F)F)c(Cl)c1)C(F)(F)F. The Kier molecular flexibility index (Phi) is 4.38. The van der Waals surface area contributed by atoms with Crippen LogP contribution in [-0.2, 0) is 11.0 Å². The molecule has 0 bridgehead atoms. The van der Waals surface area contributed by atoms with E-state index in [0.29, 0.717) is 18.2 Å². The Hall–Kier alpha value is -1.70. The zero-order valence-corrected chi connectivity index (χ0v) is 10.0. The van der Waals surface area contributed by atoms with Crippen molar-refractivity contribution in [2.75, 3.05) is 0 Å². The first-order valence-electron chi connectivity index (χ1n) is 4.80. The summed E-state index contributed by atoms with van der Waals surface area (Å²) >= 11 is 5.29. The molecule has 0 fully saturated rings. The van der Waals surface area contributed by atoms with E-state index in [2.05, 4.69) is 0 Å². The van der Waals surface area contributed by atoms with Gasteiger partial charge in [0.2, 0.25) is 0 Å². The summed E-state index contributed by atoms with van der Waals surface area (Å²) < 4.78 is 72.9. The highest BCUT2D eigenvalue weighted by Gasteiger charge is 2.36. The molecule has 0 saturated carbocycles. The lowest BCUT2D eigenvalue weighted by Gasteiger charge is -2.15. The number of carbonyl (C=O) groups excluding carboxylic acids is 1. The van der Waals surface area contributed by atoms with Crippen LogP contribution in [0.3, 0.4) is 0 Å². The molecule has 0 spiro atoms. The minimum Gasteiger partial charge on any atom is -0.872 e. The van der Waals surface area contributed by atoms with Crippen LogP contribution in [0.5, 0.6) is 0 Å². The van der Waals surface area contributed by atoms with E-state index in [-0.39, 0.29) is 6.08 Å². The molecule has 0 aliphatic carbocycles. The van der Waals surface area contributed by atoms with Gasteiger partial charge in [-0.2, -0.15) is 26.3 Å². The van der Waals surface area contributed by atoms with Crippen molar-refractivity contribution in [3.8, 4) is 0 Å². The van der Waals surface area contributed by atoms with E-state index in [0.717, 1.165) is 0 Å². The summed E-state index contributed by atoms with van der Waals surface area (Å²) in [6.45, 7) is 0. The molecule has 0 atom stereocenters. The maximum Gasteiger partial charge on any atom is 0.454 e. The maximum absolute atomic E-state index is 12.4. The quantitative estimate of drug-likeness (QED) is 0.477. The number of carbonyl (C=O) groups is 1. The normalized spacial score (nSPS) is 13.4. The van der Waals surface area contributed by atoms with Crippen LogP contribution in [0.4, 0.5) is 26.3 Å². The Morgan fingerprint density at radius 2 is 1.70 bits per heavy atom. The zero-order valence-electron chi connectivity index (χ0n) is 9.27. The number of ketones is 1. The molecule has 0 N–H and O–H groups in total. The summed E-state index contributed by atoms with van der Waals surface area (Å²) in [5, 5.41) is 10.4. The Morgan fingerprint density at radius 3 is 2.10 bits per heavy atom. The fraction of sp³-hybridized carbons (Fsp3) is 0.182. The molecular weight excluding hydrogens is 314 g/mol. The number of allylic oxidation sites excluding steroid dienone is 1. The first-order valence-corrected chi connectivity index (χ1v) is 5.17. The molecule has 1 aromatic carbocycles. The van der Waals surface area contributed by atoms with Crippen molar-refractivity contribution >= 4 is 23.1 Å². The predicted octanol–water partition coefficient (Wildman–Crippen LogP) is 3.19. The van der Waals surface area contributed by atoms with Crippen molar-refractivity contribution in [3.05, 3.63) is 40.4 Å². The molecule has 110 valence electrons. The molecule has 0 radical (unpaired) electrons. The summed E-state index contributed by atoms with van der Waals surface area (Å²) in [6, 6.07) is 1.63. The number of rotatable bonds is 2. The van der Waals surface area contributed by atoms with Crippen molar-refractivity contribution in [2.24, 2.45) is 0 Å². The van der Waals surface area contributed by atoms with Gasteiger partial charge >= 0.3 is 12.4 Å². The van der Waals surface area contributed by atoms with Crippen LogP contribution in [0.2, 0.25) is 5.02 Å². The summed E-state index contributed by atoms with van der Waals surface area (Å²) in [5.74, 6) is -3.79. The molecule has 2 nitrogen and oxygen atoms in total. The van der Waals surface area contributed by atoms with Gasteiger partial charge < -0.3 is 5.11 Å². The lowest BCUT2D eigenvalue weighted by atomic mass is 10.1. The van der Waals surface area contributed by atoms with Gasteiger partial charge in [0.05, 0.1) is 10.6 Å². The van der Waals surface area contributed by atoms with E-state index < -0.39 is 40.0 Å². The first kappa shape index (κ1) is 16.4. The Labute approximate surface area is 113 Å². The van der Waals surface area contributed by atoms with Gasteiger partial charge in [0.1, 0.15) is 0 Å². The molecule has 0 saturated heterocycles. The molecular formula is C11H4ClF6O2-. The third-order valence-corrected chi connectivity index (χ3v) is 2.41. The highest BCUT2D eigenvalue weighted by atomic mass is 35.5. The molecule has 0 heterocycles. The van der Waals surface area contributed by atoms with E-state index in [1.807, 2.05) is 0 Å². The number of halogens is 7. The average Bonchev–Trinajstić information content (AvgIpc) is 2.25. The summed E-state index contributed by atoms with van der Waals surface area (Å²) in [7, 11) is 0. The molecule has 20 heavy (non-hydrogen) atoms. The van der Waals surface area contributed by atoms with E-state index >= 15 is 0 Å². The van der Waals surface area contributed by atoms with Crippen molar-refractivity contribution in [3.63, 3.8) is 0 Å². The Bertz CT molecular complexity index is 559. The monoisotopic (exact) mass is 317 g/mol. The van der Waals surface area contributed by atoms with E-state index in [4.69, 9.17) is 11.6 Å². The molecule has 0 aliphatic heterocycles. The van der Waals surface area contributed by atoms with Crippen LogP contribution in [0.15, 0.2) is 24.3 Å². The Morgan fingerprint density at radius 1 is 1.15 bits per heavy atom. The van der Waals surface area contributed by atoms with Gasteiger partial charge in [0.15, 0.2) is 0 Å². The third kappa shape index (κ3) is 3.89. The lowest BCUT2D eigenvalue weighted by Crippen LogP contribution is -2.22. The highest BCUT2D eigenvalue weighted by Crippen LogP contribution is 2.35. The average molecular weight is 318 g/mol. The second kappa shape index (κ2) is 5.35. The fourth-order valence-corrected chi connectivity index (χ4v) is 1.47. The summed E-state index contributed by atoms with van der Waals surface area (Å²) in [6.07, 6.45) is -10.2. The molecule has 0 unspecified atom stereocenters. The molecule has 9 heteroatoms. The zero-order chi connectivity index (χ0) is 15.7. The number of hydrogen-bond donors (Lipinski definition) is 0. The minimum absolute atomic E-state index is 0.251. The largest absolute Gasteiger partial charge is 0.872 e. The van der Waals surface area contributed by atoms with Gasteiger partial charge in [-0.3, -0.25) is 4.79 Å². The maximum atomic E-state index is 12.4. The summed E-state index contributed by atoms with van der Waals surface area (Å²) in [5.41, 5.74) is -1.79. The van der Waals surface area contributed by atoms with Gasteiger partial charge in [-0.1, -0.05) is 23.4 Å². The van der Waals surface area contributed by atoms with E-state index in [1.54, 1.807) is 0 Å². The lowest BCUT2D eigenvalue weighted by molar-refractivity contribution is -0.244. The molecule has 1 rings (SSSR count). The van der Waals surface area contributed by atoms with Crippen LogP contribution in [-0.4, -0.2) is 12.0 Å². The first-order chi connectivity index (χ1) is 8.93. The van der Waals surface area contributed by atoms with Gasteiger partial charge in [0, 0.05) is 0 Å². The Balaban J connectivity index is 3.14. The van der Waals surface area contributed by atoms with Crippen molar-refractivity contribution < 1.29 is 36.2 Å². The van der Waals surface area contributed by atoms with Crippen LogP contribution < -0.4 is 5.11 Å². The molecule has 1 aromatic rings. The number of hydrogen-bond acceptors (Lipinski definition) is 2. The molecule has 0 amide bonds. The van der Waals surface area contributed by atoms with E-state index in [9.17, 15) is 36.2 Å². The molecule has 0 aromatic heterocycles. The van der Waals surface area contributed by atoms with Crippen LogP contribution in [0.25, 0.3) is 5.76 Å². The standard InChI is InChI=1S/C11H5ClF6O2/c12-7-3-5(1-2-6(7)10(13,14)15)8(19)4-9(20)11(16,17)18/h1-4,19H/p-1/b8-4-. The highest BCUT2D eigenvalue weighted by molar-refractivity contribution is 6.31. The van der Waals surface area contributed by atoms with Crippen LogP contribution in [0.1, 0.15) is 11.1 Å². The van der Waals surface area contributed by atoms with Gasteiger partial charge in [0.25, 0.3) is 5.78 Å². The van der Waals surface area contributed by atoms with Crippen LogP contribution in [0, 0.1) is 0 Å². The smallest absolute Gasteiger partial charge is 0.454 e. The fourth-order valence-electron chi connectivity index (χ4n) is 1.18. The van der Waals surface area contributed by atoms with E-state index in [1.165, 1.54) is 0 Å². The van der Waals surface area contributed by atoms with Crippen molar-refractivity contribution in [1.29, 1.82) is 0 Å². The molecule has 0 aliphatic rings. The van der Waals surface area contributed by atoms with Gasteiger partial charge in [-0.15, -0.1) is 0 Å². The summed E-state index contributed by atoms with van der Waals surface area (Å²) in [4.78, 5) is 10.5. The van der Waals surface area contributed by atoms with Crippen LogP contribution >= 0.6 is 11.6 Å². The topological polar surface area (TPSA) is 40.1 Å². The minimum atomic E-state index is -5.23. The third-order valence-electron chi connectivity index (χ3n) is 2.10. The predicted molar refractivity (Wildman–Crippen MR) is 55.5 cm³/mol. The van der Waals surface area contributed by atoms with Crippen molar-refractivity contribution in [1.82, 2.24) is 0 Å². The van der Waals surface area contributed by atoms with Crippen molar-refractivity contribution in [2.45, 2.75) is 12.4 Å². The number of benzene rings is 1. The second-order valence-electron chi connectivity index (χ2n) is 3.56. The number of alkyl halides is 6. The van der Waals surface area contributed by atoms with Gasteiger partial charge in [-0.25, -0.2) is 0 Å². The second-order valence-corrected chi connectivity index (χ2v) is 3.97.